The summed E-state index contributed by atoms with van der Waals surface area (Å²) in [6, 6.07) is 72.8. The summed E-state index contributed by atoms with van der Waals surface area (Å²) in [5.41, 5.74) is 13.3. The predicted molar refractivity (Wildman–Crippen MR) is 256 cm³/mol. The molecule has 0 unspecified atom stereocenters. The molecule has 0 fully saturated rings. The van der Waals surface area contributed by atoms with Gasteiger partial charge in [-0.15, -0.1) is 0 Å². The van der Waals surface area contributed by atoms with Crippen LogP contribution in [-0.4, -0.2) is 9.97 Å². The van der Waals surface area contributed by atoms with Gasteiger partial charge in [0.1, 0.15) is 28.0 Å². The van der Waals surface area contributed by atoms with Gasteiger partial charge in [-0.25, -0.2) is 9.97 Å². The van der Waals surface area contributed by atoms with Crippen molar-refractivity contribution in [2.45, 2.75) is 0 Å². The van der Waals surface area contributed by atoms with Crippen LogP contribution in [0.4, 0.5) is 0 Å². The molecule has 10 aromatic carbocycles. The SMILES string of the molecule is c1ccc(-c2cccc(-c3nc(-c4ccccc4)nc4c3oc3cc(-c5ccc6c(c5)oc5ccc(-c7ccc8c9ccccc9c9ccccc9c8c7)cc56)ccc34)c2)cc1. The maximum atomic E-state index is 6.75. The molecular weight excluding hydrogens is 757 g/mol. The van der Waals surface area contributed by atoms with Crippen molar-refractivity contribution >= 4 is 76.3 Å². The third-order valence-electron chi connectivity index (χ3n) is 12.5. The molecule has 4 nitrogen and oxygen atoms in total. The second-order valence-electron chi connectivity index (χ2n) is 16.1. The topological polar surface area (TPSA) is 52.1 Å². The molecule has 0 N–H and O–H groups in total. The van der Waals surface area contributed by atoms with Crippen LogP contribution >= 0.6 is 0 Å². The van der Waals surface area contributed by atoms with E-state index in [-0.39, 0.29) is 0 Å². The monoisotopic (exact) mass is 790 g/mol. The van der Waals surface area contributed by atoms with E-state index in [0.29, 0.717) is 11.4 Å². The van der Waals surface area contributed by atoms with Crippen molar-refractivity contribution in [3.8, 4) is 56.0 Å². The van der Waals surface area contributed by atoms with Gasteiger partial charge in [0, 0.05) is 27.3 Å². The highest BCUT2D eigenvalue weighted by Crippen LogP contribution is 2.41. The van der Waals surface area contributed by atoms with Gasteiger partial charge in [-0.05, 0) is 114 Å². The van der Waals surface area contributed by atoms with Crippen LogP contribution in [0.3, 0.4) is 0 Å². The molecule has 4 heteroatoms. The van der Waals surface area contributed by atoms with Gasteiger partial charge in [-0.3, -0.25) is 0 Å². The summed E-state index contributed by atoms with van der Waals surface area (Å²) in [6.45, 7) is 0. The average Bonchev–Trinajstić information content (AvgIpc) is 3.91. The summed E-state index contributed by atoms with van der Waals surface area (Å²) in [4.78, 5) is 10.3. The molecule has 62 heavy (non-hydrogen) atoms. The highest BCUT2D eigenvalue weighted by atomic mass is 16.3. The maximum Gasteiger partial charge on any atom is 0.180 e. The highest BCUT2D eigenvalue weighted by Gasteiger charge is 2.20. The van der Waals surface area contributed by atoms with Crippen LogP contribution in [0.5, 0.6) is 0 Å². The lowest BCUT2D eigenvalue weighted by molar-refractivity contribution is 0.667. The molecule has 0 aliphatic rings. The van der Waals surface area contributed by atoms with Crippen molar-refractivity contribution in [2.24, 2.45) is 0 Å². The Morgan fingerprint density at radius 1 is 0.258 bits per heavy atom. The Balaban J connectivity index is 0.903. The van der Waals surface area contributed by atoms with Crippen molar-refractivity contribution in [3.05, 3.63) is 206 Å². The van der Waals surface area contributed by atoms with E-state index in [2.05, 4.69) is 170 Å². The molecule has 288 valence electrons. The zero-order valence-corrected chi connectivity index (χ0v) is 33.3. The van der Waals surface area contributed by atoms with E-state index in [9.17, 15) is 0 Å². The first-order chi connectivity index (χ1) is 30.7. The molecule has 0 saturated heterocycles. The van der Waals surface area contributed by atoms with Crippen LogP contribution in [0.15, 0.2) is 215 Å². The average molecular weight is 791 g/mol. The first-order valence-corrected chi connectivity index (χ1v) is 21.0. The molecule has 0 aliphatic heterocycles. The lowest BCUT2D eigenvalue weighted by Crippen LogP contribution is -1.94. The van der Waals surface area contributed by atoms with E-state index in [1.54, 1.807) is 0 Å². The fourth-order valence-electron chi connectivity index (χ4n) is 9.43. The molecule has 3 heterocycles. The Morgan fingerprint density at radius 3 is 1.44 bits per heavy atom. The molecule has 0 amide bonds. The van der Waals surface area contributed by atoms with Crippen LogP contribution in [0.25, 0.3) is 132 Å². The zero-order chi connectivity index (χ0) is 40.7. The van der Waals surface area contributed by atoms with Crippen LogP contribution in [0, 0.1) is 0 Å². The Labute approximate surface area is 356 Å². The maximum absolute atomic E-state index is 6.75. The number of hydrogen-bond acceptors (Lipinski definition) is 4. The van der Waals surface area contributed by atoms with E-state index in [0.717, 1.165) is 83.1 Å². The largest absolute Gasteiger partial charge is 0.456 e. The van der Waals surface area contributed by atoms with Crippen molar-refractivity contribution in [2.75, 3.05) is 0 Å². The standard InChI is InChI=1S/C58H34N2O2/c1-3-12-35(13-4-1)37-16-11-17-42(30-37)55-57-56(60-58(59-55)36-14-5-2-6-15-36)49-28-24-41(34-54(49)62-57)40-23-27-48-51-32-39(25-29-52(51)61-53(48)33-40)38-22-26-47-45-20-8-7-18-43(45)44-19-9-10-21-46(44)50(47)31-38/h1-34H. The van der Waals surface area contributed by atoms with E-state index in [1.807, 2.05) is 36.4 Å². The van der Waals surface area contributed by atoms with Crippen molar-refractivity contribution in [1.82, 2.24) is 9.97 Å². The van der Waals surface area contributed by atoms with E-state index < -0.39 is 0 Å². The predicted octanol–water partition coefficient (Wildman–Crippen LogP) is 16.1. The van der Waals surface area contributed by atoms with E-state index in [1.165, 1.54) is 37.9 Å². The first kappa shape index (κ1) is 34.5. The number of hydrogen-bond donors (Lipinski definition) is 0. The summed E-state index contributed by atoms with van der Waals surface area (Å²) in [5, 5.41) is 10.8. The first-order valence-electron chi connectivity index (χ1n) is 21.0. The van der Waals surface area contributed by atoms with E-state index in [4.69, 9.17) is 18.8 Å². The fourth-order valence-corrected chi connectivity index (χ4v) is 9.43. The van der Waals surface area contributed by atoms with Crippen LogP contribution in [0.1, 0.15) is 0 Å². The van der Waals surface area contributed by atoms with Gasteiger partial charge >= 0.3 is 0 Å². The summed E-state index contributed by atoms with van der Waals surface area (Å²) >= 11 is 0. The molecule has 13 aromatic rings. The van der Waals surface area contributed by atoms with Crippen molar-refractivity contribution in [3.63, 3.8) is 0 Å². The normalized spacial score (nSPS) is 11.9. The molecule has 0 saturated carbocycles. The van der Waals surface area contributed by atoms with Crippen LogP contribution < -0.4 is 0 Å². The minimum atomic E-state index is 0.659. The molecule has 3 aromatic heterocycles. The number of benzene rings is 10. The van der Waals surface area contributed by atoms with Crippen molar-refractivity contribution < 1.29 is 8.83 Å². The third-order valence-corrected chi connectivity index (χ3v) is 12.5. The van der Waals surface area contributed by atoms with Crippen molar-refractivity contribution in [1.29, 1.82) is 0 Å². The van der Waals surface area contributed by atoms with Gasteiger partial charge in [-0.2, -0.15) is 0 Å². The molecular formula is C58H34N2O2. The fraction of sp³-hybridized carbons (Fsp3) is 0. The molecule has 0 aliphatic carbocycles. The van der Waals surface area contributed by atoms with E-state index >= 15 is 0 Å². The smallest absolute Gasteiger partial charge is 0.180 e. The number of fused-ring (bicyclic) bond motifs is 12. The molecule has 0 radical (unpaired) electrons. The highest BCUT2D eigenvalue weighted by molar-refractivity contribution is 6.26. The lowest BCUT2D eigenvalue weighted by atomic mass is 9.92. The Hall–Kier alpha value is -8.34. The van der Waals surface area contributed by atoms with Gasteiger partial charge < -0.3 is 8.83 Å². The lowest BCUT2D eigenvalue weighted by Gasteiger charge is -2.12. The van der Waals surface area contributed by atoms with Gasteiger partial charge in [0.2, 0.25) is 0 Å². The summed E-state index contributed by atoms with van der Waals surface area (Å²) in [6.07, 6.45) is 0. The Morgan fingerprint density at radius 2 is 0.742 bits per heavy atom. The quantitative estimate of drug-likeness (QED) is 0.163. The summed E-state index contributed by atoms with van der Waals surface area (Å²) < 4.78 is 13.3. The second-order valence-corrected chi connectivity index (χ2v) is 16.1. The summed E-state index contributed by atoms with van der Waals surface area (Å²) in [7, 11) is 0. The zero-order valence-electron chi connectivity index (χ0n) is 33.3. The number of aromatic nitrogens is 2. The minimum Gasteiger partial charge on any atom is -0.456 e. The molecule has 0 spiro atoms. The molecule has 0 bridgehead atoms. The van der Waals surface area contributed by atoms with Gasteiger partial charge in [0.25, 0.3) is 0 Å². The summed E-state index contributed by atoms with van der Waals surface area (Å²) in [5.74, 6) is 0.659. The number of rotatable bonds is 5. The number of furan rings is 2. The Kier molecular flexibility index (Phi) is 7.57. The van der Waals surface area contributed by atoms with Gasteiger partial charge in [0.05, 0.1) is 0 Å². The number of nitrogens with zero attached hydrogens (tertiary/aromatic N) is 2. The van der Waals surface area contributed by atoms with Crippen LogP contribution in [0.2, 0.25) is 0 Å². The van der Waals surface area contributed by atoms with Gasteiger partial charge in [-0.1, -0.05) is 158 Å². The Bertz CT molecular complexity index is 3880. The third kappa shape index (κ3) is 5.47. The van der Waals surface area contributed by atoms with Gasteiger partial charge in [0.15, 0.2) is 11.4 Å². The molecule has 0 atom stereocenters. The minimum absolute atomic E-state index is 0.659. The van der Waals surface area contributed by atoms with Crippen LogP contribution in [-0.2, 0) is 0 Å². The molecule has 13 rings (SSSR count). The second kappa shape index (κ2) is 13.6.